The minimum Gasteiger partial charge on any atom is -0.478 e. The average molecular weight is 239 g/mol. The smallest absolute Gasteiger partial charge is 0.337 e. The standard InChI is InChI=1S/C10H9NO4S/c12-10(13)8-4-11-9-3-6(5-16(14)15)1-2-7(8)9/h1-4,11H,5H2,(H,12,13)(H,14,15). The summed E-state index contributed by atoms with van der Waals surface area (Å²) in [4.78, 5) is 13.7. The van der Waals surface area contributed by atoms with Crippen LogP contribution in [-0.2, 0) is 16.8 Å². The van der Waals surface area contributed by atoms with Gasteiger partial charge in [-0.25, -0.2) is 9.00 Å². The summed E-state index contributed by atoms with van der Waals surface area (Å²) >= 11 is -1.89. The van der Waals surface area contributed by atoms with Gasteiger partial charge in [0.25, 0.3) is 0 Å². The van der Waals surface area contributed by atoms with E-state index in [2.05, 4.69) is 4.98 Å². The molecule has 0 saturated carbocycles. The van der Waals surface area contributed by atoms with Gasteiger partial charge in [-0.05, 0) is 11.6 Å². The molecule has 0 amide bonds. The van der Waals surface area contributed by atoms with Crippen LogP contribution in [0.1, 0.15) is 15.9 Å². The molecule has 6 heteroatoms. The monoisotopic (exact) mass is 239 g/mol. The molecule has 1 unspecified atom stereocenters. The van der Waals surface area contributed by atoms with E-state index in [1.165, 1.54) is 6.20 Å². The molecule has 0 radical (unpaired) electrons. The second kappa shape index (κ2) is 4.07. The lowest BCUT2D eigenvalue weighted by atomic mass is 10.1. The Hall–Kier alpha value is -1.66. The third kappa shape index (κ3) is 1.98. The van der Waals surface area contributed by atoms with Crippen molar-refractivity contribution < 1.29 is 18.7 Å². The zero-order valence-electron chi connectivity index (χ0n) is 8.14. The average Bonchev–Trinajstić information content (AvgIpc) is 2.59. The van der Waals surface area contributed by atoms with Gasteiger partial charge in [-0.15, -0.1) is 0 Å². The SMILES string of the molecule is O=C(O)c1c[nH]c2cc(CS(=O)O)ccc12. The number of H-pyrrole nitrogens is 1. The summed E-state index contributed by atoms with van der Waals surface area (Å²) in [6, 6.07) is 4.96. The maximum Gasteiger partial charge on any atom is 0.337 e. The number of aromatic carboxylic acids is 1. The van der Waals surface area contributed by atoms with Gasteiger partial charge in [0.2, 0.25) is 0 Å². The Balaban J connectivity index is 2.49. The van der Waals surface area contributed by atoms with Gasteiger partial charge in [-0.1, -0.05) is 12.1 Å². The number of aromatic nitrogens is 1. The number of hydrogen-bond donors (Lipinski definition) is 3. The molecule has 1 aromatic carbocycles. The number of carboxylic acids is 1. The number of carbonyl (C=O) groups is 1. The molecule has 84 valence electrons. The predicted molar refractivity (Wildman–Crippen MR) is 59.7 cm³/mol. The lowest BCUT2D eigenvalue weighted by Crippen LogP contribution is -1.94. The zero-order valence-corrected chi connectivity index (χ0v) is 8.95. The summed E-state index contributed by atoms with van der Waals surface area (Å²) in [6.45, 7) is 0. The van der Waals surface area contributed by atoms with Gasteiger partial charge in [0.1, 0.15) is 0 Å². The van der Waals surface area contributed by atoms with Crippen molar-refractivity contribution in [2.75, 3.05) is 0 Å². The molecule has 0 fully saturated rings. The zero-order chi connectivity index (χ0) is 11.7. The van der Waals surface area contributed by atoms with Gasteiger partial charge in [0, 0.05) is 17.1 Å². The van der Waals surface area contributed by atoms with Crippen LogP contribution in [0.15, 0.2) is 24.4 Å². The summed E-state index contributed by atoms with van der Waals surface area (Å²) < 4.78 is 19.4. The maximum atomic E-state index is 10.8. The van der Waals surface area contributed by atoms with Crippen LogP contribution in [0.5, 0.6) is 0 Å². The molecule has 1 aromatic heterocycles. The van der Waals surface area contributed by atoms with Crippen molar-refractivity contribution in [3.8, 4) is 0 Å². The summed E-state index contributed by atoms with van der Waals surface area (Å²) in [5, 5.41) is 9.48. The van der Waals surface area contributed by atoms with Crippen LogP contribution in [0.4, 0.5) is 0 Å². The second-order valence-electron chi connectivity index (χ2n) is 3.35. The number of benzene rings is 1. The summed E-state index contributed by atoms with van der Waals surface area (Å²) in [5.41, 5.74) is 1.54. The Labute approximate surface area is 93.4 Å². The quantitative estimate of drug-likeness (QED) is 0.709. The van der Waals surface area contributed by atoms with Crippen LogP contribution >= 0.6 is 0 Å². The first-order chi connectivity index (χ1) is 7.58. The fourth-order valence-electron chi connectivity index (χ4n) is 1.58. The van der Waals surface area contributed by atoms with Gasteiger partial charge in [-0.2, -0.15) is 0 Å². The van der Waals surface area contributed by atoms with E-state index in [-0.39, 0.29) is 11.3 Å². The molecule has 0 aliphatic heterocycles. The Kier molecular flexibility index (Phi) is 2.76. The van der Waals surface area contributed by atoms with Crippen LogP contribution in [0.25, 0.3) is 10.9 Å². The highest BCUT2D eigenvalue weighted by Gasteiger charge is 2.10. The van der Waals surface area contributed by atoms with Crippen LogP contribution < -0.4 is 0 Å². The first-order valence-corrected chi connectivity index (χ1v) is 5.76. The van der Waals surface area contributed by atoms with Crippen LogP contribution in [-0.4, -0.2) is 24.8 Å². The third-order valence-corrected chi connectivity index (χ3v) is 2.85. The van der Waals surface area contributed by atoms with E-state index >= 15 is 0 Å². The summed E-state index contributed by atoms with van der Waals surface area (Å²) in [5.74, 6) is -0.957. The molecule has 0 saturated heterocycles. The fraction of sp³-hybridized carbons (Fsp3) is 0.100. The van der Waals surface area contributed by atoms with E-state index in [1.54, 1.807) is 18.2 Å². The molecule has 1 atom stereocenters. The normalized spacial score (nSPS) is 12.8. The molecule has 1 heterocycles. The van der Waals surface area contributed by atoms with Crippen LogP contribution in [0.2, 0.25) is 0 Å². The van der Waals surface area contributed by atoms with E-state index in [0.717, 1.165) is 0 Å². The number of nitrogens with one attached hydrogen (secondary N) is 1. The van der Waals surface area contributed by atoms with Crippen molar-refractivity contribution in [1.29, 1.82) is 0 Å². The molecule has 0 bridgehead atoms. The molecule has 0 spiro atoms. The van der Waals surface area contributed by atoms with E-state index in [1.807, 2.05) is 0 Å². The van der Waals surface area contributed by atoms with E-state index in [0.29, 0.717) is 16.5 Å². The van der Waals surface area contributed by atoms with Crippen molar-refractivity contribution >= 4 is 28.0 Å². The molecule has 2 aromatic rings. The third-order valence-electron chi connectivity index (χ3n) is 2.27. The van der Waals surface area contributed by atoms with Gasteiger partial charge in [0.05, 0.1) is 11.3 Å². The highest BCUT2D eigenvalue weighted by atomic mass is 32.2. The molecular weight excluding hydrogens is 230 g/mol. The maximum absolute atomic E-state index is 10.8. The number of hydrogen-bond acceptors (Lipinski definition) is 2. The molecule has 5 nitrogen and oxygen atoms in total. The van der Waals surface area contributed by atoms with Crippen molar-refractivity contribution in [1.82, 2.24) is 4.98 Å². The van der Waals surface area contributed by atoms with E-state index in [9.17, 15) is 9.00 Å². The Bertz CT molecular complexity index is 575. The summed E-state index contributed by atoms with van der Waals surface area (Å²) in [7, 11) is 0. The summed E-state index contributed by atoms with van der Waals surface area (Å²) in [6.07, 6.45) is 1.41. The predicted octanol–water partition coefficient (Wildman–Crippen LogP) is 1.59. The van der Waals surface area contributed by atoms with Crippen LogP contribution in [0, 0.1) is 0 Å². The second-order valence-corrected chi connectivity index (χ2v) is 4.28. The molecular formula is C10H9NO4S. The van der Waals surface area contributed by atoms with Crippen molar-refractivity contribution in [3.63, 3.8) is 0 Å². The lowest BCUT2D eigenvalue weighted by molar-refractivity contribution is 0.0699. The fourth-order valence-corrected chi connectivity index (χ4v) is 2.05. The molecule has 2 rings (SSSR count). The number of rotatable bonds is 3. The molecule has 16 heavy (non-hydrogen) atoms. The number of fused-ring (bicyclic) bond motifs is 1. The van der Waals surface area contributed by atoms with Gasteiger partial charge >= 0.3 is 5.97 Å². The topological polar surface area (TPSA) is 90.4 Å². The van der Waals surface area contributed by atoms with Crippen molar-refractivity contribution in [2.24, 2.45) is 0 Å². The van der Waals surface area contributed by atoms with E-state index < -0.39 is 17.0 Å². The minimum absolute atomic E-state index is 0.0391. The van der Waals surface area contributed by atoms with Gasteiger partial charge in [0.15, 0.2) is 11.1 Å². The van der Waals surface area contributed by atoms with Crippen molar-refractivity contribution in [3.05, 3.63) is 35.5 Å². The minimum atomic E-state index is -1.89. The van der Waals surface area contributed by atoms with Gasteiger partial charge in [-0.3, -0.25) is 0 Å². The Morgan fingerprint density at radius 3 is 2.81 bits per heavy atom. The van der Waals surface area contributed by atoms with E-state index in [4.69, 9.17) is 9.66 Å². The van der Waals surface area contributed by atoms with Crippen molar-refractivity contribution in [2.45, 2.75) is 5.75 Å². The number of aromatic amines is 1. The first-order valence-electron chi connectivity index (χ1n) is 4.48. The molecule has 3 N–H and O–H groups in total. The Morgan fingerprint density at radius 1 is 1.44 bits per heavy atom. The first kappa shape index (κ1) is 10.8. The van der Waals surface area contributed by atoms with Gasteiger partial charge < -0.3 is 14.6 Å². The molecule has 0 aliphatic rings. The lowest BCUT2D eigenvalue weighted by Gasteiger charge is -1.98. The highest BCUT2D eigenvalue weighted by Crippen LogP contribution is 2.20. The highest BCUT2D eigenvalue weighted by molar-refractivity contribution is 7.78. The number of carboxylic acid groups (broad SMARTS) is 1. The van der Waals surface area contributed by atoms with Crippen LogP contribution in [0.3, 0.4) is 0 Å². The Morgan fingerprint density at radius 2 is 2.19 bits per heavy atom. The molecule has 0 aliphatic carbocycles. The largest absolute Gasteiger partial charge is 0.478 e.